The van der Waals surface area contributed by atoms with Crippen LogP contribution in [0.5, 0.6) is 0 Å². The Kier molecular flexibility index (Phi) is 8.63. The number of sulfonamides is 1. The average Bonchev–Trinajstić information content (AvgIpc) is 3.09. The summed E-state index contributed by atoms with van der Waals surface area (Å²) in [7, 11) is -3.68. The molecule has 1 N–H and O–H groups in total. The van der Waals surface area contributed by atoms with Gasteiger partial charge < -0.3 is 10.1 Å². The third-order valence-corrected chi connectivity index (χ3v) is 7.44. The molecule has 1 fully saturated rings. The third kappa shape index (κ3) is 6.88. The topological polar surface area (TPSA) is 92.8 Å². The van der Waals surface area contributed by atoms with E-state index in [1.165, 1.54) is 16.4 Å². The van der Waals surface area contributed by atoms with Crippen molar-refractivity contribution in [2.75, 3.05) is 13.1 Å². The zero-order valence-corrected chi connectivity index (χ0v) is 20.0. The number of hydrogen-bond acceptors (Lipinski definition) is 5. The summed E-state index contributed by atoms with van der Waals surface area (Å²) in [5.41, 5.74) is 0.990. The van der Waals surface area contributed by atoms with Crippen molar-refractivity contribution in [1.82, 2.24) is 9.62 Å². The zero-order chi connectivity index (χ0) is 23.8. The molecule has 0 radical (unpaired) electrons. The van der Waals surface area contributed by atoms with E-state index in [0.717, 1.165) is 31.2 Å². The fourth-order valence-corrected chi connectivity index (χ4v) is 5.45. The summed E-state index contributed by atoms with van der Waals surface area (Å²) in [5.74, 6) is -0.870. The van der Waals surface area contributed by atoms with Gasteiger partial charge >= 0.3 is 5.97 Å². The van der Waals surface area contributed by atoms with Crippen molar-refractivity contribution in [1.29, 1.82) is 0 Å². The summed E-state index contributed by atoms with van der Waals surface area (Å²) >= 11 is 0. The Morgan fingerprint density at radius 2 is 1.64 bits per heavy atom. The molecule has 1 saturated heterocycles. The molecular formula is C25H32N2O5S. The van der Waals surface area contributed by atoms with Gasteiger partial charge in [0, 0.05) is 18.7 Å². The van der Waals surface area contributed by atoms with Gasteiger partial charge in [-0.2, -0.15) is 4.31 Å². The molecule has 7 nitrogen and oxygen atoms in total. The van der Waals surface area contributed by atoms with Gasteiger partial charge in [0.1, 0.15) is 0 Å². The van der Waals surface area contributed by atoms with Gasteiger partial charge in [0.15, 0.2) is 0 Å². The van der Waals surface area contributed by atoms with Crippen LogP contribution in [0.2, 0.25) is 0 Å². The summed E-state index contributed by atoms with van der Waals surface area (Å²) in [5, 5.41) is 2.87. The van der Waals surface area contributed by atoms with E-state index in [0.29, 0.717) is 13.1 Å². The van der Waals surface area contributed by atoms with Gasteiger partial charge in [-0.15, -0.1) is 0 Å². The number of nitrogens with one attached hydrogen (secondary N) is 1. The first kappa shape index (κ1) is 24.9. The predicted octanol–water partition coefficient (Wildman–Crippen LogP) is 4.06. The van der Waals surface area contributed by atoms with Crippen LogP contribution >= 0.6 is 0 Å². The van der Waals surface area contributed by atoms with Crippen LogP contribution in [0.25, 0.3) is 0 Å². The molecule has 33 heavy (non-hydrogen) atoms. The van der Waals surface area contributed by atoms with Gasteiger partial charge in [0.2, 0.25) is 10.0 Å². The number of rotatable bonds is 8. The number of esters is 1. The van der Waals surface area contributed by atoms with Crippen molar-refractivity contribution in [2.45, 2.75) is 63.0 Å². The van der Waals surface area contributed by atoms with E-state index < -0.39 is 27.9 Å². The van der Waals surface area contributed by atoms with E-state index in [4.69, 9.17) is 4.74 Å². The summed E-state index contributed by atoms with van der Waals surface area (Å²) in [4.78, 5) is 25.5. The summed E-state index contributed by atoms with van der Waals surface area (Å²) in [6, 6.07) is 14.6. The van der Waals surface area contributed by atoms with Crippen molar-refractivity contribution in [3.05, 3.63) is 65.7 Å². The maximum atomic E-state index is 13.1. The quantitative estimate of drug-likeness (QED) is 0.585. The summed E-state index contributed by atoms with van der Waals surface area (Å²) in [6.45, 7) is 4.52. The molecule has 1 unspecified atom stereocenters. The van der Waals surface area contributed by atoms with E-state index in [2.05, 4.69) is 5.32 Å². The zero-order valence-electron chi connectivity index (χ0n) is 19.2. The van der Waals surface area contributed by atoms with Gasteiger partial charge in [-0.25, -0.2) is 8.42 Å². The van der Waals surface area contributed by atoms with Crippen molar-refractivity contribution in [3.8, 4) is 0 Å². The van der Waals surface area contributed by atoms with Crippen LogP contribution in [0.3, 0.4) is 0 Å². The first-order valence-corrected chi connectivity index (χ1v) is 12.9. The highest BCUT2D eigenvalue weighted by atomic mass is 32.2. The lowest BCUT2D eigenvalue weighted by atomic mass is 10.0. The monoisotopic (exact) mass is 472 g/mol. The number of amides is 1. The first-order chi connectivity index (χ1) is 15.8. The number of nitrogens with zero attached hydrogens (tertiary/aromatic N) is 1. The third-order valence-electron chi connectivity index (χ3n) is 5.54. The smallest absolute Gasteiger partial charge is 0.308 e. The molecule has 0 aliphatic carbocycles. The van der Waals surface area contributed by atoms with E-state index in [-0.39, 0.29) is 23.0 Å². The number of ether oxygens (including phenoxy) is 1. The molecule has 0 bridgehead atoms. The Hall–Kier alpha value is -2.71. The van der Waals surface area contributed by atoms with E-state index in [1.807, 2.05) is 30.3 Å². The molecule has 8 heteroatoms. The molecule has 1 aliphatic rings. The van der Waals surface area contributed by atoms with Crippen molar-refractivity contribution >= 4 is 21.9 Å². The minimum atomic E-state index is -3.68. The largest absolute Gasteiger partial charge is 0.463 e. The highest BCUT2D eigenvalue weighted by molar-refractivity contribution is 7.89. The molecule has 1 atom stereocenters. The second-order valence-corrected chi connectivity index (χ2v) is 10.5. The Morgan fingerprint density at radius 1 is 0.970 bits per heavy atom. The number of carbonyl (C=O) groups is 2. The lowest BCUT2D eigenvalue weighted by Gasteiger charge is -2.21. The van der Waals surface area contributed by atoms with E-state index in [1.54, 1.807) is 26.0 Å². The minimum absolute atomic E-state index is 0.0281. The Bertz CT molecular complexity index is 1050. The molecule has 1 amide bonds. The summed E-state index contributed by atoms with van der Waals surface area (Å²) < 4.78 is 33.0. The standard InChI is InChI=1S/C25H32N2O5S/c1-19(2)32-24(28)18-23(20-11-6-5-7-12-20)26-25(29)21-13-10-14-22(17-21)33(30,31)27-15-8-3-4-9-16-27/h5-7,10-14,17,19,23H,3-4,8-9,15-16,18H2,1-2H3,(H,26,29). The lowest BCUT2D eigenvalue weighted by molar-refractivity contribution is -0.147. The van der Waals surface area contributed by atoms with Gasteiger partial charge in [0.05, 0.1) is 23.5 Å². The number of benzene rings is 2. The van der Waals surface area contributed by atoms with Crippen LogP contribution in [0.4, 0.5) is 0 Å². The Labute approximate surface area is 196 Å². The second-order valence-electron chi connectivity index (χ2n) is 8.53. The minimum Gasteiger partial charge on any atom is -0.463 e. The van der Waals surface area contributed by atoms with Gasteiger partial charge in [-0.1, -0.05) is 49.2 Å². The molecular weight excluding hydrogens is 440 g/mol. The van der Waals surface area contributed by atoms with Crippen molar-refractivity contribution in [3.63, 3.8) is 0 Å². The molecule has 178 valence electrons. The van der Waals surface area contributed by atoms with Crippen LogP contribution < -0.4 is 5.32 Å². The van der Waals surface area contributed by atoms with Gasteiger partial charge in [0.25, 0.3) is 5.91 Å². The predicted molar refractivity (Wildman–Crippen MR) is 126 cm³/mol. The molecule has 2 aromatic carbocycles. The molecule has 0 saturated carbocycles. The fourth-order valence-electron chi connectivity index (χ4n) is 3.89. The van der Waals surface area contributed by atoms with E-state index >= 15 is 0 Å². The van der Waals surface area contributed by atoms with Crippen LogP contribution in [0.1, 0.15) is 67.9 Å². The highest BCUT2D eigenvalue weighted by Gasteiger charge is 2.26. The molecule has 1 aliphatic heterocycles. The van der Waals surface area contributed by atoms with E-state index in [9.17, 15) is 18.0 Å². The Balaban J connectivity index is 1.80. The second kappa shape index (κ2) is 11.4. The van der Waals surface area contributed by atoms with Gasteiger partial charge in [-0.05, 0) is 50.5 Å². The molecule has 1 heterocycles. The molecule has 3 rings (SSSR count). The van der Waals surface area contributed by atoms with Crippen molar-refractivity contribution in [2.24, 2.45) is 0 Å². The maximum absolute atomic E-state index is 13.1. The molecule has 2 aromatic rings. The number of hydrogen-bond donors (Lipinski definition) is 1. The van der Waals surface area contributed by atoms with Crippen LogP contribution in [0, 0.1) is 0 Å². The van der Waals surface area contributed by atoms with Crippen molar-refractivity contribution < 1.29 is 22.7 Å². The van der Waals surface area contributed by atoms with Crippen LogP contribution in [0.15, 0.2) is 59.5 Å². The summed E-state index contributed by atoms with van der Waals surface area (Å²) in [6.07, 6.45) is 3.43. The fraction of sp³-hybridized carbons (Fsp3) is 0.440. The first-order valence-electron chi connectivity index (χ1n) is 11.4. The van der Waals surface area contributed by atoms with Crippen LogP contribution in [-0.4, -0.2) is 43.8 Å². The average molecular weight is 473 g/mol. The van der Waals surface area contributed by atoms with Gasteiger partial charge in [-0.3, -0.25) is 9.59 Å². The highest BCUT2D eigenvalue weighted by Crippen LogP contribution is 2.23. The normalized spacial score (nSPS) is 16.1. The SMILES string of the molecule is CC(C)OC(=O)CC(NC(=O)c1cccc(S(=O)(=O)N2CCCCCC2)c1)c1ccccc1. The lowest BCUT2D eigenvalue weighted by Crippen LogP contribution is -2.33. The molecule has 0 spiro atoms. The number of carbonyl (C=O) groups excluding carboxylic acids is 2. The Morgan fingerprint density at radius 3 is 2.27 bits per heavy atom. The van der Waals surface area contributed by atoms with Crippen LogP contribution in [-0.2, 0) is 19.6 Å². The maximum Gasteiger partial charge on any atom is 0.308 e. The molecule has 0 aromatic heterocycles.